The number of thioether (sulfide) groups is 1. The topological polar surface area (TPSA) is 83.1 Å². The molecule has 3 rings (SSSR count). The summed E-state index contributed by atoms with van der Waals surface area (Å²) >= 11 is 1.18. The fraction of sp³-hybridized carbons (Fsp3) is 0.238. The maximum absolute atomic E-state index is 11.6. The molecule has 1 amide bonds. The molecule has 1 aliphatic rings. The zero-order valence-electron chi connectivity index (χ0n) is 15.6. The molecule has 0 radical (unpaired) electrons. The van der Waals surface area contributed by atoms with Crippen LogP contribution in [0.25, 0.3) is 6.08 Å². The molecule has 0 saturated carbocycles. The average Bonchev–Trinajstić information content (AvgIpc) is 3.00. The molecule has 0 bridgehead atoms. The first kappa shape index (κ1) is 20.0. The highest BCUT2D eigenvalue weighted by Crippen LogP contribution is 2.26. The van der Waals surface area contributed by atoms with Crippen molar-refractivity contribution < 1.29 is 19.0 Å². The lowest BCUT2D eigenvalue weighted by molar-refractivity contribution is -0.113. The van der Waals surface area contributed by atoms with Crippen LogP contribution in [0.3, 0.4) is 0 Å². The number of hydrogen-bond donors (Lipinski definition) is 1. The van der Waals surface area contributed by atoms with E-state index in [4.69, 9.17) is 19.9 Å². The molecular weight excluding hydrogens is 376 g/mol. The number of ether oxygens (including phenoxy) is 3. The van der Waals surface area contributed by atoms with Crippen molar-refractivity contribution >= 4 is 28.9 Å². The van der Waals surface area contributed by atoms with E-state index in [-0.39, 0.29) is 11.1 Å². The highest BCUT2D eigenvalue weighted by atomic mass is 32.2. The number of amidine groups is 1. The van der Waals surface area contributed by atoms with Gasteiger partial charge < -0.3 is 19.9 Å². The lowest BCUT2D eigenvalue weighted by Crippen LogP contribution is -2.12. The molecule has 0 fully saturated rings. The Morgan fingerprint density at radius 1 is 1.00 bits per heavy atom. The second-order valence-corrected chi connectivity index (χ2v) is 7.07. The maximum Gasteiger partial charge on any atom is 0.286 e. The minimum Gasteiger partial charge on any atom is -0.491 e. The Bertz CT molecular complexity index is 878. The van der Waals surface area contributed by atoms with E-state index in [2.05, 4.69) is 4.99 Å². The summed E-state index contributed by atoms with van der Waals surface area (Å²) in [7, 11) is 0. The summed E-state index contributed by atoms with van der Waals surface area (Å²) in [6, 6.07) is 15.3. The zero-order chi connectivity index (χ0) is 19.8. The zero-order valence-corrected chi connectivity index (χ0v) is 16.4. The molecule has 146 valence electrons. The summed E-state index contributed by atoms with van der Waals surface area (Å²) in [5.41, 5.74) is 7.53. The minimum atomic E-state index is -0.300. The van der Waals surface area contributed by atoms with Crippen molar-refractivity contribution in [3.8, 4) is 11.5 Å². The maximum atomic E-state index is 11.6. The molecule has 0 atom stereocenters. The van der Waals surface area contributed by atoms with E-state index in [1.807, 2.05) is 55.5 Å². The minimum absolute atomic E-state index is 0.278. The van der Waals surface area contributed by atoms with E-state index in [0.29, 0.717) is 31.3 Å². The quantitative estimate of drug-likeness (QED) is 0.515. The molecule has 0 aromatic heterocycles. The van der Waals surface area contributed by atoms with Gasteiger partial charge in [-0.05, 0) is 54.1 Å². The molecule has 2 aromatic carbocycles. The second-order valence-electron chi connectivity index (χ2n) is 6.01. The number of amides is 1. The monoisotopic (exact) mass is 398 g/mol. The van der Waals surface area contributed by atoms with Crippen molar-refractivity contribution in [2.45, 2.75) is 6.92 Å². The number of carbonyl (C=O) groups excluding carboxylic acids is 1. The Balaban J connectivity index is 1.33. The van der Waals surface area contributed by atoms with E-state index in [1.54, 1.807) is 6.08 Å². The lowest BCUT2D eigenvalue weighted by Gasteiger charge is -2.10. The van der Waals surface area contributed by atoms with Crippen LogP contribution >= 0.6 is 11.8 Å². The number of rotatable bonds is 9. The van der Waals surface area contributed by atoms with Crippen LogP contribution in [0, 0.1) is 6.92 Å². The third-order valence-corrected chi connectivity index (χ3v) is 4.70. The predicted octanol–water partition coefficient (Wildman–Crippen LogP) is 3.40. The molecule has 0 aliphatic carbocycles. The largest absolute Gasteiger partial charge is 0.491 e. The molecular formula is C21H22N2O4S. The van der Waals surface area contributed by atoms with Gasteiger partial charge in [-0.1, -0.05) is 30.3 Å². The Labute approximate surface area is 168 Å². The first-order valence-electron chi connectivity index (χ1n) is 8.89. The van der Waals surface area contributed by atoms with Crippen molar-refractivity contribution in [3.63, 3.8) is 0 Å². The Morgan fingerprint density at radius 3 is 2.39 bits per heavy atom. The SMILES string of the molecule is Cc1ccccc1OCCOCCOc1ccc(/C=C2\SC(N)=NC2=O)cc1. The fourth-order valence-electron chi connectivity index (χ4n) is 2.49. The Morgan fingerprint density at radius 2 is 1.71 bits per heavy atom. The number of nitrogens with two attached hydrogens (primary N) is 1. The highest BCUT2D eigenvalue weighted by Gasteiger charge is 2.19. The van der Waals surface area contributed by atoms with Crippen LogP contribution in [0.5, 0.6) is 11.5 Å². The standard InChI is InChI=1S/C21H22N2O4S/c1-15-4-2-3-5-18(15)27-13-11-25-10-12-26-17-8-6-16(7-9-17)14-19-20(24)23-21(22)28-19/h2-9,14H,10-13H2,1H3,(H2,22,23,24)/b19-14-. The van der Waals surface area contributed by atoms with Crippen molar-refractivity contribution in [2.24, 2.45) is 10.7 Å². The number of para-hydroxylation sites is 1. The van der Waals surface area contributed by atoms with E-state index >= 15 is 0 Å². The molecule has 0 spiro atoms. The predicted molar refractivity (Wildman–Crippen MR) is 112 cm³/mol. The van der Waals surface area contributed by atoms with Gasteiger partial charge in [0.2, 0.25) is 0 Å². The molecule has 28 heavy (non-hydrogen) atoms. The van der Waals surface area contributed by atoms with Crippen LogP contribution in [-0.2, 0) is 9.53 Å². The molecule has 1 heterocycles. The Kier molecular flexibility index (Phi) is 7.11. The van der Waals surface area contributed by atoms with Gasteiger partial charge in [0, 0.05) is 0 Å². The van der Waals surface area contributed by atoms with Gasteiger partial charge in [-0.2, -0.15) is 4.99 Å². The molecule has 1 aliphatic heterocycles. The van der Waals surface area contributed by atoms with E-state index in [0.717, 1.165) is 22.6 Å². The van der Waals surface area contributed by atoms with Crippen molar-refractivity contribution in [1.29, 1.82) is 0 Å². The van der Waals surface area contributed by atoms with Crippen LogP contribution in [-0.4, -0.2) is 37.5 Å². The van der Waals surface area contributed by atoms with Gasteiger partial charge in [0.15, 0.2) is 5.17 Å². The molecule has 0 unspecified atom stereocenters. The lowest BCUT2D eigenvalue weighted by atomic mass is 10.2. The van der Waals surface area contributed by atoms with E-state index < -0.39 is 0 Å². The molecule has 2 N–H and O–H groups in total. The summed E-state index contributed by atoms with van der Waals surface area (Å²) in [6.45, 7) is 3.94. The van der Waals surface area contributed by atoms with Crippen molar-refractivity contribution in [3.05, 3.63) is 64.6 Å². The molecule has 0 saturated heterocycles. The number of hydrogen-bond acceptors (Lipinski definition) is 6. The van der Waals surface area contributed by atoms with Crippen LogP contribution in [0.4, 0.5) is 0 Å². The van der Waals surface area contributed by atoms with E-state index in [9.17, 15) is 4.79 Å². The van der Waals surface area contributed by atoms with Gasteiger partial charge in [0.1, 0.15) is 24.7 Å². The summed E-state index contributed by atoms with van der Waals surface area (Å²) < 4.78 is 16.8. The number of carbonyl (C=O) groups is 1. The van der Waals surface area contributed by atoms with Crippen LogP contribution < -0.4 is 15.2 Å². The number of nitrogens with zero attached hydrogens (tertiary/aromatic N) is 1. The van der Waals surface area contributed by atoms with E-state index in [1.165, 1.54) is 11.8 Å². The van der Waals surface area contributed by atoms with Gasteiger partial charge in [0.25, 0.3) is 5.91 Å². The third kappa shape index (κ3) is 5.87. The summed E-state index contributed by atoms with van der Waals surface area (Å²) in [4.78, 5) is 15.8. The molecule has 6 nitrogen and oxygen atoms in total. The van der Waals surface area contributed by atoms with Crippen molar-refractivity contribution in [1.82, 2.24) is 0 Å². The van der Waals surface area contributed by atoms with Crippen molar-refractivity contribution in [2.75, 3.05) is 26.4 Å². The van der Waals surface area contributed by atoms with Gasteiger partial charge >= 0.3 is 0 Å². The number of benzene rings is 2. The number of aryl methyl sites for hydroxylation is 1. The normalized spacial score (nSPS) is 15.0. The highest BCUT2D eigenvalue weighted by molar-refractivity contribution is 8.18. The van der Waals surface area contributed by atoms with Crippen LogP contribution in [0.15, 0.2) is 58.4 Å². The molecule has 7 heteroatoms. The smallest absolute Gasteiger partial charge is 0.286 e. The third-order valence-electron chi connectivity index (χ3n) is 3.89. The number of aliphatic imine (C=N–C) groups is 1. The fourth-order valence-corrected chi connectivity index (χ4v) is 3.17. The van der Waals surface area contributed by atoms with Crippen LogP contribution in [0.1, 0.15) is 11.1 Å². The second kappa shape index (κ2) is 9.96. The average molecular weight is 398 g/mol. The van der Waals surface area contributed by atoms with Gasteiger partial charge in [-0.15, -0.1) is 0 Å². The van der Waals surface area contributed by atoms with Gasteiger partial charge in [-0.3, -0.25) is 4.79 Å². The van der Waals surface area contributed by atoms with Crippen LogP contribution in [0.2, 0.25) is 0 Å². The summed E-state index contributed by atoms with van der Waals surface area (Å²) in [6.07, 6.45) is 1.76. The summed E-state index contributed by atoms with van der Waals surface area (Å²) in [5, 5.41) is 0.278. The first-order chi connectivity index (χ1) is 13.6. The first-order valence-corrected chi connectivity index (χ1v) is 9.70. The van der Waals surface area contributed by atoms with Gasteiger partial charge in [0.05, 0.1) is 18.1 Å². The summed E-state index contributed by atoms with van der Waals surface area (Å²) in [5.74, 6) is 1.32. The Hall–Kier alpha value is -2.77. The molecule has 2 aromatic rings. The van der Waals surface area contributed by atoms with Gasteiger partial charge in [-0.25, -0.2) is 0 Å².